The van der Waals surface area contributed by atoms with Gasteiger partial charge in [-0.2, -0.15) is 0 Å². The van der Waals surface area contributed by atoms with Gasteiger partial charge in [0.25, 0.3) is 5.56 Å². The highest BCUT2D eigenvalue weighted by atomic mass is 31.1. The van der Waals surface area contributed by atoms with E-state index in [4.69, 9.17) is 23.3 Å². The number of hydrogen-bond acceptors (Lipinski definition) is 10. The third kappa shape index (κ3) is 8.88. The lowest BCUT2D eigenvalue weighted by Gasteiger charge is -2.22. The number of ether oxygens (including phenoxy) is 3. The number of carbonyl (C=O) groups is 2. The molecule has 39 heavy (non-hydrogen) atoms. The molecule has 1 aliphatic heterocycles. The molecule has 0 bridgehead atoms. The fourth-order valence-electron chi connectivity index (χ4n) is 3.47. The molecule has 2 N–H and O–H groups in total. The molecule has 0 spiro atoms. The lowest BCUT2D eigenvalue weighted by Crippen LogP contribution is -2.45. The number of aromatic nitrogens is 2. The van der Waals surface area contributed by atoms with Gasteiger partial charge >= 0.3 is 26.0 Å². The number of benzene rings is 1. The van der Waals surface area contributed by atoms with Gasteiger partial charge in [-0.15, -0.1) is 4.52 Å². The summed E-state index contributed by atoms with van der Waals surface area (Å²) in [5.41, 5.74) is -0.784. The first-order chi connectivity index (χ1) is 18.3. The maximum atomic E-state index is 12.3. The van der Waals surface area contributed by atoms with Gasteiger partial charge in [0.15, 0.2) is 12.0 Å². The van der Waals surface area contributed by atoms with Gasteiger partial charge in [0.2, 0.25) is 0 Å². The highest BCUT2D eigenvalue weighted by molar-refractivity contribution is 7.33. The number of rotatable bonds is 10. The first kappa shape index (κ1) is 29.8. The SMILES string of the molecule is COC(=O)[C@H](Cc1ccc(O[P+](=O)OC[C@@H]2C=C[C@H](n3cc(C)c(=O)[nH]c3=O)O2)cc1)NC(=O)OC(C)(C)C. The van der Waals surface area contributed by atoms with E-state index in [1.54, 1.807) is 64.1 Å². The Morgan fingerprint density at radius 2 is 1.87 bits per heavy atom. The molecule has 1 aromatic carbocycles. The van der Waals surface area contributed by atoms with Crippen molar-refractivity contribution in [2.45, 2.75) is 58.1 Å². The van der Waals surface area contributed by atoms with Crippen molar-refractivity contribution in [3.8, 4) is 5.75 Å². The van der Waals surface area contributed by atoms with E-state index in [1.165, 1.54) is 17.9 Å². The van der Waals surface area contributed by atoms with E-state index in [0.29, 0.717) is 11.1 Å². The lowest BCUT2D eigenvalue weighted by molar-refractivity contribution is -0.143. The number of carbonyl (C=O) groups excluding carboxylic acids is 2. The molecule has 4 atom stereocenters. The van der Waals surface area contributed by atoms with E-state index in [2.05, 4.69) is 10.3 Å². The topological polar surface area (TPSA) is 164 Å². The van der Waals surface area contributed by atoms with Crippen LogP contribution >= 0.6 is 8.25 Å². The van der Waals surface area contributed by atoms with E-state index in [0.717, 1.165) is 0 Å². The molecule has 0 saturated heterocycles. The van der Waals surface area contributed by atoms with Crippen LogP contribution in [0.2, 0.25) is 0 Å². The molecule has 0 radical (unpaired) electrons. The summed E-state index contributed by atoms with van der Waals surface area (Å²) in [5.74, 6) is -0.380. The molecule has 0 fully saturated rings. The number of amides is 1. The number of esters is 1. The van der Waals surface area contributed by atoms with Gasteiger partial charge in [-0.3, -0.25) is 14.3 Å². The van der Waals surface area contributed by atoms with Gasteiger partial charge in [0.05, 0.1) is 7.11 Å². The second kappa shape index (κ2) is 12.8. The van der Waals surface area contributed by atoms with Gasteiger partial charge in [-0.05, 0) is 51.5 Å². The van der Waals surface area contributed by atoms with Crippen LogP contribution in [-0.2, 0) is 34.5 Å². The monoisotopic (exact) mass is 564 g/mol. The Morgan fingerprint density at radius 3 is 2.51 bits per heavy atom. The second-order valence-electron chi connectivity index (χ2n) is 9.61. The second-order valence-corrected chi connectivity index (χ2v) is 10.5. The zero-order valence-corrected chi connectivity index (χ0v) is 23.1. The first-order valence-electron chi connectivity index (χ1n) is 11.9. The van der Waals surface area contributed by atoms with Crippen LogP contribution in [0.15, 0.2) is 52.2 Å². The number of nitrogens with zero attached hydrogens (tertiary/aromatic N) is 1. The van der Waals surface area contributed by atoms with Crippen LogP contribution in [0, 0.1) is 6.92 Å². The molecule has 1 aliphatic rings. The molecular weight excluding hydrogens is 533 g/mol. The molecule has 1 amide bonds. The van der Waals surface area contributed by atoms with Gasteiger partial charge in [-0.25, -0.2) is 18.9 Å². The average Bonchev–Trinajstić information content (AvgIpc) is 3.33. The van der Waals surface area contributed by atoms with Crippen LogP contribution in [0.1, 0.15) is 38.1 Å². The molecular formula is C25H31N3O10P+. The predicted molar refractivity (Wildman–Crippen MR) is 139 cm³/mol. The van der Waals surface area contributed by atoms with Crippen LogP contribution < -0.4 is 21.1 Å². The number of aryl methyl sites for hydroxylation is 1. The smallest absolute Gasteiger partial charge is 0.467 e. The zero-order valence-electron chi connectivity index (χ0n) is 22.2. The Bertz CT molecular complexity index is 1340. The first-order valence-corrected chi connectivity index (χ1v) is 13.0. The van der Waals surface area contributed by atoms with Gasteiger partial charge in [0, 0.05) is 22.7 Å². The van der Waals surface area contributed by atoms with Gasteiger partial charge in [-0.1, -0.05) is 18.2 Å². The van der Waals surface area contributed by atoms with Crippen molar-refractivity contribution >= 4 is 20.3 Å². The molecule has 13 nitrogen and oxygen atoms in total. The van der Waals surface area contributed by atoms with Crippen molar-refractivity contribution in [3.63, 3.8) is 0 Å². The summed E-state index contributed by atoms with van der Waals surface area (Å²) in [5, 5.41) is 2.50. The third-order valence-electron chi connectivity index (χ3n) is 5.29. The molecule has 1 aromatic heterocycles. The number of alkyl carbamates (subject to hydrolysis) is 1. The van der Waals surface area contributed by atoms with Crippen LogP contribution in [0.4, 0.5) is 4.79 Å². The number of aromatic amines is 1. The minimum absolute atomic E-state index is 0.103. The molecule has 210 valence electrons. The maximum Gasteiger partial charge on any atom is 0.750 e. The number of hydrogen-bond donors (Lipinski definition) is 2. The molecule has 14 heteroatoms. The standard InChI is InChI=1S/C25H30N3O10P/c1-15-13-28(23(31)27-21(15)29)20-11-10-18(36-20)14-35-39(33)38-17-8-6-16(7-9-17)12-19(22(30)34-5)26-24(32)37-25(2,3)4/h6-11,13,18-20H,12,14H2,1-5H3,(H-,26,27,29,31,32)/p+1/t18-,19-,20+/m0/s1. The van der Waals surface area contributed by atoms with Gasteiger partial charge in [0.1, 0.15) is 24.4 Å². The Kier molecular flexibility index (Phi) is 9.79. The van der Waals surface area contributed by atoms with Crippen molar-refractivity contribution in [2.24, 2.45) is 0 Å². The maximum absolute atomic E-state index is 12.3. The van der Waals surface area contributed by atoms with Crippen molar-refractivity contribution in [2.75, 3.05) is 13.7 Å². The summed E-state index contributed by atoms with van der Waals surface area (Å²) in [6.45, 7) is 6.59. The highest BCUT2D eigenvalue weighted by Crippen LogP contribution is 2.30. The number of H-pyrrole nitrogens is 1. The summed E-state index contributed by atoms with van der Waals surface area (Å²) in [6.07, 6.45) is 2.71. The van der Waals surface area contributed by atoms with E-state index in [9.17, 15) is 23.7 Å². The summed E-state index contributed by atoms with van der Waals surface area (Å²) < 4.78 is 39.8. The van der Waals surface area contributed by atoms with Crippen LogP contribution in [0.5, 0.6) is 5.75 Å². The summed E-state index contributed by atoms with van der Waals surface area (Å²) in [7, 11) is -1.33. The minimum atomic E-state index is -2.55. The van der Waals surface area contributed by atoms with Crippen LogP contribution in [-0.4, -0.2) is 53.1 Å². The largest absolute Gasteiger partial charge is 0.750 e. The lowest BCUT2D eigenvalue weighted by atomic mass is 10.1. The van der Waals surface area contributed by atoms with Crippen molar-refractivity contribution in [3.05, 3.63) is 74.6 Å². The van der Waals surface area contributed by atoms with E-state index < -0.39 is 55.5 Å². The number of methoxy groups -OCH3 is 1. The molecule has 0 saturated carbocycles. The summed E-state index contributed by atoms with van der Waals surface area (Å²) >= 11 is 0. The van der Waals surface area contributed by atoms with Crippen LogP contribution in [0.3, 0.4) is 0 Å². The molecule has 2 aromatic rings. The van der Waals surface area contributed by atoms with E-state index >= 15 is 0 Å². The Hall–Kier alpha value is -3.80. The molecule has 2 heterocycles. The fourth-order valence-corrected chi connectivity index (χ4v) is 4.09. The zero-order chi connectivity index (χ0) is 28.7. The Balaban J connectivity index is 1.49. The quantitative estimate of drug-likeness (QED) is 0.249. The normalized spacial score (nSPS) is 17.8. The summed E-state index contributed by atoms with van der Waals surface area (Å²) in [4.78, 5) is 50.0. The predicted octanol–water partition coefficient (Wildman–Crippen LogP) is 2.66. The Morgan fingerprint density at radius 1 is 1.18 bits per heavy atom. The van der Waals surface area contributed by atoms with Crippen molar-refractivity contribution < 1.29 is 37.4 Å². The molecule has 1 unspecified atom stereocenters. The highest BCUT2D eigenvalue weighted by Gasteiger charge is 2.29. The summed E-state index contributed by atoms with van der Waals surface area (Å²) in [6, 6.07) is 5.39. The minimum Gasteiger partial charge on any atom is -0.467 e. The van der Waals surface area contributed by atoms with Crippen molar-refractivity contribution in [1.29, 1.82) is 0 Å². The number of nitrogens with one attached hydrogen (secondary N) is 2. The molecule has 3 rings (SSSR count). The third-order valence-corrected chi connectivity index (χ3v) is 6.01. The Labute approximate surface area is 225 Å². The fraction of sp³-hybridized carbons (Fsp3) is 0.440. The van der Waals surface area contributed by atoms with E-state index in [1.807, 2.05) is 0 Å². The van der Waals surface area contributed by atoms with Crippen LogP contribution in [0.25, 0.3) is 0 Å². The van der Waals surface area contributed by atoms with E-state index in [-0.39, 0.29) is 18.8 Å². The average molecular weight is 565 g/mol. The molecule has 0 aliphatic carbocycles. The van der Waals surface area contributed by atoms with Gasteiger partial charge < -0.3 is 19.5 Å². The van der Waals surface area contributed by atoms with Crippen molar-refractivity contribution in [1.82, 2.24) is 14.9 Å².